The lowest BCUT2D eigenvalue weighted by Gasteiger charge is -2.32. The van der Waals surface area contributed by atoms with Gasteiger partial charge in [-0.3, -0.25) is 9.59 Å². The number of carboxylic acid groups (broad SMARTS) is 1. The predicted octanol–water partition coefficient (Wildman–Crippen LogP) is 1.44. The number of nitrogens with one attached hydrogen (secondary N) is 1. The van der Waals surface area contributed by atoms with Gasteiger partial charge in [-0.2, -0.15) is 0 Å². The Morgan fingerprint density at radius 3 is 2.28 bits per heavy atom. The molecule has 5 heteroatoms. The van der Waals surface area contributed by atoms with Gasteiger partial charge in [0, 0.05) is 19.4 Å². The maximum atomic E-state index is 11.5. The average molecular weight is 257 g/mol. The summed E-state index contributed by atoms with van der Waals surface area (Å²) in [5, 5.41) is 21.4. The highest BCUT2D eigenvalue weighted by Gasteiger charge is 2.29. The van der Waals surface area contributed by atoms with E-state index in [4.69, 9.17) is 5.11 Å². The van der Waals surface area contributed by atoms with Gasteiger partial charge in [-0.25, -0.2) is 0 Å². The van der Waals surface area contributed by atoms with E-state index in [1.807, 2.05) is 0 Å². The molecular formula is C13H23NO4. The molecule has 0 unspecified atom stereocenters. The summed E-state index contributed by atoms with van der Waals surface area (Å²) in [4.78, 5) is 21.8. The van der Waals surface area contributed by atoms with Crippen molar-refractivity contribution in [3.63, 3.8) is 0 Å². The zero-order chi connectivity index (χ0) is 13.4. The van der Waals surface area contributed by atoms with Gasteiger partial charge >= 0.3 is 5.97 Å². The van der Waals surface area contributed by atoms with Gasteiger partial charge in [-0.05, 0) is 25.7 Å². The highest BCUT2D eigenvalue weighted by molar-refractivity contribution is 5.76. The van der Waals surface area contributed by atoms with Gasteiger partial charge in [0.1, 0.15) is 0 Å². The van der Waals surface area contributed by atoms with Gasteiger partial charge in [0.15, 0.2) is 0 Å². The summed E-state index contributed by atoms with van der Waals surface area (Å²) < 4.78 is 0. The van der Waals surface area contributed by atoms with Crippen LogP contribution in [0.2, 0.25) is 0 Å². The predicted molar refractivity (Wildman–Crippen MR) is 67.1 cm³/mol. The SMILES string of the molecule is O=C(O)CCCCC(=O)NCC1(O)CCCCC1. The van der Waals surface area contributed by atoms with Crippen molar-refractivity contribution in [2.75, 3.05) is 6.54 Å². The van der Waals surface area contributed by atoms with E-state index in [2.05, 4.69) is 5.32 Å². The van der Waals surface area contributed by atoms with Gasteiger partial charge in [0.25, 0.3) is 0 Å². The van der Waals surface area contributed by atoms with Gasteiger partial charge in [0.2, 0.25) is 5.91 Å². The second kappa shape index (κ2) is 7.36. The summed E-state index contributed by atoms with van der Waals surface area (Å²) >= 11 is 0. The minimum atomic E-state index is -0.827. The molecule has 104 valence electrons. The molecule has 0 aliphatic heterocycles. The minimum absolute atomic E-state index is 0.0978. The molecule has 0 saturated heterocycles. The second-order valence-electron chi connectivity index (χ2n) is 5.16. The standard InChI is InChI=1S/C13H23NO4/c15-11(6-2-3-7-12(16)17)14-10-13(18)8-4-1-5-9-13/h18H,1-10H2,(H,14,15)(H,16,17). The average Bonchev–Trinajstić information content (AvgIpc) is 2.33. The van der Waals surface area contributed by atoms with E-state index in [9.17, 15) is 14.7 Å². The molecule has 0 heterocycles. The Kier molecular flexibility index (Phi) is 6.12. The summed E-state index contributed by atoms with van der Waals surface area (Å²) in [5.41, 5.74) is -0.727. The van der Waals surface area contributed by atoms with Crippen LogP contribution in [0.15, 0.2) is 0 Å². The number of aliphatic carboxylic acids is 1. The lowest BCUT2D eigenvalue weighted by Crippen LogP contribution is -2.44. The van der Waals surface area contributed by atoms with Crippen LogP contribution in [0, 0.1) is 0 Å². The van der Waals surface area contributed by atoms with E-state index in [0.717, 1.165) is 32.1 Å². The number of hydrogen-bond donors (Lipinski definition) is 3. The summed E-state index contributed by atoms with van der Waals surface area (Å²) in [6.45, 7) is 0.324. The van der Waals surface area contributed by atoms with Gasteiger partial charge in [0.05, 0.1) is 5.60 Å². The molecular weight excluding hydrogens is 234 g/mol. The number of carboxylic acids is 1. The molecule has 1 rings (SSSR count). The zero-order valence-electron chi connectivity index (χ0n) is 10.8. The van der Waals surface area contributed by atoms with E-state index >= 15 is 0 Å². The summed E-state index contributed by atoms with van der Waals surface area (Å²) in [6.07, 6.45) is 6.25. The Labute approximate surface area is 108 Å². The molecule has 1 amide bonds. The maximum absolute atomic E-state index is 11.5. The van der Waals surface area contributed by atoms with Crippen LogP contribution in [0.4, 0.5) is 0 Å². The number of carbonyl (C=O) groups excluding carboxylic acids is 1. The molecule has 18 heavy (non-hydrogen) atoms. The smallest absolute Gasteiger partial charge is 0.303 e. The van der Waals surface area contributed by atoms with Gasteiger partial charge in [-0.15, -0.1) is 0 Å². The van der Waals surface area contributed by atoms with Crippen LogP contribution in [0.3, 0.4) is 0 Å². The number of carbonyl (C=O) groups is 2. The monoisotopic (exact) mass is 257 g/mol. The van der Waals surface area contributed by atoms with Crippen LogP contribution in [0.25, 0.3) is 0 Å². The summed E-state index contributed by atoms with van der Waals surface area (Å²) in [5.74, 6) is -0.925. The number of aliphatic hydroxyl groups is 1. The summed E-state index contributed by atoms with van der Waals surface area (Å²) in [6, 6.07) is 0. The van der Waals surface area contributed by atoms with E-state index in [-0.39, 0.29) is 12.3 Å². The molecule has 1 aliphatic rings. The van der Waals surface area contributed by atoms with Crippen LogP contribution in [-0.2, 0) is 9.59 Å². The van der Waals surface area contributed by atoms with Crippen molar-refractivity contribution in [1.82, 2.24) is 5.32 Å². The van der Waals surface area contributed by atoms with Crippen molar-refractivity contribution < 1.29 is 19.8 Å². The molecule has 1 fully saturated rings. The highest BCUT2D eigenvalue weighted by atomic mass is 16.4. The van der Waals surface area contributed by atoms with Crippen molar-refractivity contribution in [3.05, 3.63) is 0 Å². The first-order valence-corrected chi connectivity index (χ1v) is 6.73. The van der Waals surface area contributed by atoms with Crippen LogP contribution >= 0.6 is 0 Å². The first-order valence-electron chi connectivity index (χ1n) is 6.73. The minimum Gasteiger partial charge on any atom is -0.481 e. The van der Waals surface area contributed by atoms with Crippen molar-refractivity contribution >= 4 is 11.9 Å². The molecule has 5 nitrogen and oxygen atoms in total. The largest absolute Gasteiger partial charge is 0.481 e. The quantitative estimate of drug-likeness (QED) is 0.602. The third-order valence-electron chi connectivity index (χ3n) is 3.44. The normalized spacial score (nSPS) is 18.3. The molecule has 1 saturated carbocycles. The maximum Gasteiger partial charge on any atom is 0.303 e. The first-order chi connectivity index (χ1) is 8.52. The van der Waals surface area contributed by atoms with Crippen LogP contribution in [-0.4, -0.2) is 34.2 Å². The van der Waals surface area contributed by atoms with E-state index in [1.54, 1.807) is 0 Å². The second-order valence-corrected chi connectivity index (χ2v) is 5.16. The van der Waals surface area contributed by atoms with Crippen LogP contribution < -0.4 is 5.32 Å². The Bertz CT molecular complexity index is 285. The number of unbranched alkanes of at least 4 members (excludes halogenated alkanes) is 1. The Balaban J connectivity index is 2.10. The molecule has 0 bridgehead atoms. The van der Waals surface area contributed by atoms with Gasteiger partial charge in [-0.1, -0.05) is 19.3 Å². The van der Waals surface area contributed by atoms with Crippen LogP contribution in [0.5, 0.6) is 0 Å². The van der Waals surface area contributed by atoms with E-state index in [0.29, 0.717) is 25.8 Å². The molecule has 1 aliphatic carbocycles. The molecule has 0 aromatic rings. The molecule has 0 radical (unpaired) electrons. The summed E-state index contributed by atoms with van der Waals surface area (Å²) in [7, 11) is 0. The van der Waals surface area contributed by atoms with Crippen molar-refractivity contribution in [2.45, 2.75) is 63.4 Å². The third-order valence-corrected chi connectivity index (χ3v) is 3.44. The van der Waals surface area contributed by atoms with E-state index < -0.39 is 11.6 Å². The van der Waals surface area contributed by atoms with E-state index in [1.165, 1.54) is 0 Å². The first kappa shape index (κ1) is 15.0. The number of hydrogen-bond acceptors (Lipinski definition) is 3. The third kappa shape index (κ3) is 6.00. The molecule has 0 aromatic heterocycles. The van der Waals surface area contributed by atoms with Crippen molar-refractivity contribution in [2.24, 2.45) is 0 Å². The zero-order valence-corrected chi connectivity index (χ0v) is 10.8. The molecule has 0 atom stereocenters. The molecule has 0 aromatic carbocycles. The fourth-order valence-electron chi connectivity index (χ4n) is 2.30. The lowest BCUT2D eigenvalue weighted by molar-refractivity contribution is -0.137. The fraction of sp³-hybridized carbons (Fsp3) is 0.846. The van der Waals surface area contributed by atoms with Gasteiger partial charge < -0.3 is 15.5 Å². The fourth-order valence-corrected chi connectivity index (χ4v) is 2.30. The lowest BCUT2D eigenvalue weighted by atomic mass is 9.85. The van der Waals surface area contributed by atoms with Crippen molar-refractivity contribution in [1.29, 1.82) is 0 Å². The Hall–Kier alpha value is -1.10. The topological polar surface area (TPSA) is 86.6 Å². The molecule has 0 spiro atoms. The van der Waals surface area contributed by atoms with Crippen LogP contribution in [0.1, 0.15) is 57.8 Å². The Morgan fingerprint density at radius 2 is 1.67 bits per heavy atom. The molecule has 3 N–H and O–H groups in total. The Morgan fingerprint density at radius 1 is 1.06 bits per heavy atom. The number of rotatable bonds is 7. The van der Waals surface area contributed by atoms with Crippen molar-refractivity contribution in [3.8, 4) is 0 Å². The number of amides is 1. The highest BCUT2D eigenvalue weighted by Crippen LogP contribution is 2.27.